The van der Waals surface area contributed by atoms with Crippen LogP contribution in [-0.2, 0) is 22.4 Å². The van der Waals surface area contributed by atoms with E-state index in [-0.39, 0.29) is 50.0 Å². The highest BCUT2D eigenvalue weighted by Crippen LogP contribution is 2.49. The SMILES string of the molecule is Cc1csc(-c2c(NC(C)(O)C3=C(C(=O)O)CCOC3)sc3c2CCC(F)(F)C3)n1. The van der Waals surface area contributed by atoms with Gasteiger partial charge in [-0.25, -0.2) is 18.6 Å². The predicted molar refractivity (Wildman–Crippen MR) is 111 cm³/mol. The summed E-state index contributed by atoms with van der Waals surface area (Å²) in [5, 5.41) is 26.8. The summed E-state index contributed by atoms with van der Waals surface area (Å²) in [6.45, 7) is 3.58. The largest absolute Gasteiger partial charge is 0.478 e. The second-order valence-corrected chi connectivity index (χ2v) is 9.76. The highest BCUT2D eigenvalue weighted by atomic mass is 32.1. The molecule has 0 saturated heterocycles. The maximum absolute atomic E-state index is 14.0. The summed E-state index contributed by atoms with van der Waals surface area (Å²) >= 11 is 2.59. The van der Waals surface area contributed by atoms with Gasteiger partial charge in [0, 0.05) is 51.9 Å². The van der Waals surface area contributed by atoms with E-state index in [4.69, 9.17) is 4.74 Å². The zero-order valence-electron chi connectivity index (χ0n) is 16.6. The molecule has 2 aromatic heterocycles. The molecule has 2 aromatic rings. The molecule has 1 aliphatic carbocycles. The lowest BCUT2D eigenvalue weighted by atomic mass is 9.92. The number of carboxylic acids is 1. The number of carboxylic acid groups (broad SMARTS) is 1. The molecule has 30 heavy (non-hydrogen) atoms. The fraction of sp³-hybridized carbons (Fsp3) is 0.500. The van der Waals surface area contributed by atoms with E-state index in [0.717, 1.165) is 16.8 Å². The Labute approximate surface area is 180 Å². The summed E-state index contributed by atoms with van der Waals surface area (Å²) in [5.74, 6) is -3.86. The standard InChI is InChI=1S/C20H22F2N2O4S2/c1-10-9-29-16(23-10)15-12-3-5-20(21,22)7-14(12)30-17(15)24-19(2,27)13-8-28-6-4-11(13)18(25)26/h9,24,27H,3-8H2,1-2H3,(H,25,26). The summed E-state index contributed by atoms with van der Waals surface area (Å²) in [5.41, 5.74) is 0.998. The van der Waals surface area contributed by atoms with Crippen LogP contribution in [0.2, 0.25) is 0 Å². The third-order valence-corrected chi connectivity index (χ3v) is 7.52. The molecule has 0 saturated carbocycles. The second-order valence-electron chi connectivity index (χ2n) is 7.80. The number of anilines is 1. The van der Waals surface area contributed by atoms with Gasteiger partial charge in [-0.3, -0.25) is 0 Å². The Hall–Kier alpha value is -1.88. The molecule has 1 atom stereocenters. The zero-order valence-corrected chi connectivity index (χ0v) is 18.2. The summed E-state index contributed by atoms with van der Waals surface area (Å²) in [6, 6.07) is 0. The minimum Gasteiger partial charge on any atom is -0.478 e. The van der Waals surface area contributed by atoms with E-state index in [1.54, 1.807) is 0 Å². The fourth-order valence-electron chi connectivity index (χ4n) is 3.89. The molecule has 2 aliphatic rings. The lowest BCUT2D eigenvalue weighted by molar-refractivity contribution is -0.133. The number of hydrogen-bond donors (Lipinski definition) is 3. The van der Waals surface area contributed by atoms with Crippen molar-refractivity contribution in [2.24, 2.45) is 0 Å². The number of rotatable bonds is 5. The van der Waals surface area contributed by atoms with E-state index < -0.39 is 17.6 Å². The molecule has 1 unspecified atom stereocenters. The molecule has 3 N–H and O–H groups in total. The predicted octanol–water partition coefficient (Wildman–Crippen LogP) is 4.23. The molecular weight excluding hydrogens is 434 g/mol. The summed E-state index contributed by atoms with van der Waals surface area (Å²) < 4.78 is 33.5. The monoisotopic (exact) mass is 456 g/mol. The van der Waals surface area contributed by atoms with E-state index in [1.165, 1.54) is 29.6 Å². The molecule has 10 heteroatoms. The molecule has 4 rings (SSSR count). The number of carbonyl (C=O) groups is 1. The van der Waals surface area contributed by atoms with Crippen molar-refractivity contribution in [3.63, 3.8) is 0 Å². The fourth-order valence-corrected chi connectivity index (χ4v) is 6.26. The maximum Gasteiger partial charge on any atom is 0.331 e. The Bertz CT molecular complexity index is 1030. The highest BCUT2D eigenvalue weighted by molar-refractivity contribution is 7.18. The van der Waals surface area contributed by atoms with Gasteiger partial charge in [0.15, 0.2) is 5.72 Å². The molecule has 0 amide bonds. The van der Waals surface area contributed by atoms with Gasteiger partial charge in [-0.05, 0) is 25.8 Å². The third-order valence-electron chi connectivity index (χ3n) is 5.39. The van der Waals surface area contributed by atoms with Gasteiger partial charge in [-0.1, -0.05) is 0 Å². The Balaban J connectivity index is 1.79. The number of aliphatic hydroxyl groups is 1. The Morgan fingerprint density at radius 2 is 2.17 bits per heavy atom. The smallest absolute Gasteiger partial charge is 0.331 e. The Morgan fingerprint density at radius 3 is 2.83 bits per heavy atom. The van der Waals surface area contributed by atoms with Crippen LogP contribution in [0.1, 0.15) is 35.9 Å². The first-order chi connectivity index (χ1) is 14.1. The molecule has 0 bridgehead atoms. The van der Waals surface area contributed by atoms with Crippen molar-refractivity contribution < 1.29 is 28.5 Å². The average molecular weight is 457 g/mol. The number of nitrogens with zero attached hydrogens (tertiary/aromatic N) is 1. The number of halogens is 2. The topological polar surface area (TPSA) is 91.7 Å². The number of hydrogen-bond acceptors (Lipinski definition) is 7. The number of ether oxygens (including phenoxy) is 1. The van der Waals surface area contributed by atoms with Crippen LogP contribution in [0, 0.1) is 6.92 Å². The quantitative estimate of drug-likeness (QED) is 0.584. The number of thiazole rings is 1. The van der Waals surface area contributed by atoms with Crippen molar-refractivity contribution >= 4 is 33.6 Å². The summed E-state index contributed by atoms with van der Waals surface area (Å²) in [4.78, 5) is 16.7. The number of fused-ring (bicyclic) bond motifs is 1. The first kappa shape index (κ1) is 21.4. The van der Waals surface area contributed by atoms with Crippen LogP contribution < -0.4 is 5.32 Å². The van der Waals surface area contributed by atoms with Gasteiger partial charge in [-0.2, -0.15) is 0 Å². The van der Waals surface area contributed by atoms with Gasteiger partial charge in [-0.15, -0.1) is 22.7 Å². The minimum absolute atomic E-state index is 0.0174. The van der Waals surface area contributed by atoms with Crippen LogP contribution >= 0.6 is 22.7 Å². The molecule has 1 aliphatic heterocycles. The van der Waals surface area contributed by atoms with Gasteiger partial charge < -0.3 is 20.3 Å². The number of nitrogens with one attached hydrogen (secondary N) is 1. The highest BCUT2D eigenvalue weighted by Gasteiger charge is 2.40. The van der Waals surface area contributed by atoms with Gasteiger partial charge in [0.25, 0.3) is 5.92 Å². The first-order valence-corrected chi connectivity index (χ1v) is 11.3. The molecule has 0 aromatic carbocycles. The Kier molecular flexibility index (Phi) is 5.46. The van der Waals surface area contributed by atoms with Crippen molar-refractivity contribution in [1.29, 1.82) is 0 Å². The van der Waals surface area contributed by atoms with Crippen LogP contribution in [0.15, 0.2) is 16.5 Å². The minimum atomic E-state index is -2.76. The number of aliphatic carboxylic acids is 1. The lowest BCUT2D eigenvalue weighted by Crippen LogP contribution is -2.41. The third kappa shape index (κ3) is 4.01. The van der Waals surface area contributed by atoms with Gasteiger partial charge in [0.1, 0.15) is 10.0 Å². The Morgan fingerprint density at radius 1 is 1.40 bits per heavy atom. The van der Waals surface area contributed by atoms with E-state index in [9.17, 15) is 23.8 Å². The van der Waals surface area contributed by atoms with Crippen LogP contribution in [0.25, 0.3) is 10.6 Å². The van der Waals surface area contributed by atoms with E-state index in [0.29, 0.717) is 14.9 Å². The number of alkyl halides is 2. The van der Waals surface area contributed by atoms with Crippen molar-refractivity contribution in [3.05, 3.63) is 32.7 Å². The molecular formula is C20H22F2N2O4S2. The number of aryl methyl sites for hydroxylation is 1. The van der Waals surface area contributed by atoms with Crippen LogP contribution in [0.5, 0.6) is 0 Å². The van der Waals surface area contributed by atoms with Crippen molar-refractivity contribution in [3.8, 4) is 10.6 Å². The molecule has 0 radical (unpaired) electrons. The normalized spacial score (nSPS) is 20.6. The molecule has 3 heterocycles. The molecule has 162 valence electrons. The van der Waals surface area contributed by atoms with E-state index >= 15 is 0 Å². The molecule has 0 fully saturated rings. The zero-order chi connectivity index (χ0) is 21.7. The van der Waals surface area contributed by atoms with Crippen LogP contribution in [-0.4, -0.2) is 46.0 Å². The average Bonchev–Trinajstić information content (AvgIpc) is 3.22. The lowest BCUT2D eigenvalue weighted by Gasteiger charge is -2.32. The van der Waals surface area contributed by atoms with Gasteiger partial charge in [0.05, 0.1) is 13.2 Å². The van der Waals surface area contributed by atoms with Crippen molar-refractivity contribution in [2.75, 3.05) is 18.5 Å². The van der Waals surface area contributed by atoms with Gasteiger partial charge in [0.2, 0.25) is 0 Å². The van der Waals surface area contributed by atoms with Crippen LogP contribution in [0.4, 0.5) is 13.8 Å². The van der Waals surface area contributed by atoms with E-state index in [1.807, 2.05) is 12.3 Å². The van der Waals surface area contributed by atoms with Crippen LogP contribution in [0.3, 0.4) is 0 Å². The maximum atomic E-state index is 14.0. The second kappa shape index (κ2) is 7.67. The summed E-state index contributed by atoms with van der Waals surface area (Å²) in [6.07, 6.45) is -0.163. The van der Waals surface area contributed by atoms with E-state index in [2.05, 4.69) is 10.3 Å². The summed E-state index contributed by atoms with van der Waals surface area (Å²) in [7, 11) is 0. The number of aromatic nitrogens is 1. The van der Waals surface area contributed by atoms with Gasteiger partial charge >= 0.3 is 5.97 Å². The van der Waals surface area contributed by atoms with Crippen molar-refractivity contribution in [1.82, 2.24) is 4.98 Å². The number of thiophene rings is 1. The molecule has 0 spiro atoms. The van der Waals surface area contributed by atoms with Crippen molar-refractivity contribution in [2.45, 2.75) is 51.2 Å². The molecule has 6 nitrogen and oxygen atoms in total. The first-order valence-electron chi connectivity index (χ1n) is 9.56.